The number of carbonyl (C=O) groups excluding carboxylic acids is 2. The zero-order valence-corrected chi connectivity index (χ0v) is 10.0. The van der Waals surface area contributed by atoms with Gasteiger partial charge in [-0.2, -0.15) is 0 Å². The Morgan fingerprint density at radius 1 is 1.17 bits per heavy atom. The Hall–Kier alpha value is -2.08. The van der Waals surface area contributed by atoms with E-state index < -0.39 is 18.2 Å². The van der Waals surface area contributed by atoms with Crippen LogP contribution in [0.2, 0.25) is 0 Å². The van der Waals surface area contributed by atoms with E-state index in [-0.39, 0.29) is 5.91 Å². The van der Waals surface area contributed by atoms with Crippen molar-refractivity contribution >= 4 is 17.6 Å². The van der Waals surface area contributed by atoms with Gasteiger partial charge in [-0.3, -0.25) is 4.79 Å². The van der Waals surface area contributed by atoms with Crippen LogP contribution in [0.3, 0.4) is 0 Å². The van der Waals surface area contributed by atoms with E-state index in [9.17, 15) is 9.59 Å². The molecule has 1 saturated heterocycles. The second-order valence-electron chi connectivity index (χ2n) is 3.72. The quantitative estimate of drug-likeness (QED) is 0.625. The minimum absolute atomic E-state index is 0.365. The van der Waals surface area contributed by atoms with Gasteiger partial charge in [-0.05, 0) is 24.3 Å². The molecule has 2 atom stereocenters. The number of hydrogen-bond acceptors (Lipinski definition) is 5. The van der Waals surface area contributed by atoms with Crippen molar-refractivity contribution < 1.29 is 23.8 Å². The van der Waals surface area contributed by atoms with Gasteiger partial charge in [0.15, 0.2) is 12.2 Å². The smallest absolute Gasteiger partial charge is 0.338 e. The molecule has 2 unspecified atom stereocenters. The molecule has 1 aromatic rings. The number of ether oxygens (including phenoxy) is 3. The summed E-state index contributed by atoms with van der Waals surface area (Å²) in [5.74, 6) is -0.205. The molecule has 0 bridgehead atoms. The molecule has 18 heavy (non-hydrogen) atoms. The monoisotopic (exact) mass is 251 g/mol. The zero-order chi connectivity index (χ0) is 13.1. The summed E-state index contributed by atoms with van der Waals surface area (Å²) in [4.78, 5) is 22.8. The molecule has 1 aliphatic rings. The van der Waals surface area contributed by atoms with Crippen molar-refractivity contribution in [1.82, 2.24) is 0 Å². The molecule has 1 fully saturated rings. The summed E-state index contributed by atoms with van der Waals surface area (Å²) in [7, 11) is 2.81. The van der Waals surface area contributed by atoms with Crippen molar-refractivity contribution in [2.45, 2.75) is 12.2 Å². The van der Waals surface area contributed by atoms with E-state index in [1.54, 1.807) is 31.4 Å². The number of nitrogens with one attached hydrogen (secondary N) is 1. The number of rotatable bonds is 4. The highest BCUT2D eigenvalue weighted by atomic mass is 16.6. The number of amides is 1. The number of benzene rings is 1. The maximum Gasteiger partial charge on any atom is 0.338 e. The average molecular weight is 251 g/mol. The van der Waals surface area contributed by atoms with Gasteiger partial charge in [0.1, 0.15) is 5.75 Å². The minimum Gasteiger partial charge on any atom is -0.497 e. The third kappa shape index (κ3) is 2.60. The number of anilines is 1. The maximum absolute atomic E-state index is 11.7. The van der Waals surface area contributed by atoms with Gasteiger partial charge in [0.2, 0.25) is 0 Å². The molecule has 0 aromatic heterocycles. The Balaban J connectivity index is 1.90. The second-order valence-corrected chi connectivity index (χ2v) is 3.72. The lowest BCUT2D eigenvalue weighted by Gasteiger charge is -2.04. The first kappa shape index (κ1) is 12.4. The van der Waals surface area contributed by atoms with Crippen LogP contribution >= 0.6 is 0 Å². The van der Waals surface area contributed by atoms with E-state index in [4.69, 9.17) is 9.47 Å². The molecular weight excluding hydrogens is 238 g/mol. The van der Waals surface area contributed by atoms with Crippen LogP contribution in [0.4, 0.5) is 5.69 Å². The fraction of sp³-hybridized carbons (Fsp3) is 0.333. The van der Waals surface area contributed by atoms with Crippen LogP contribution in [0.25, 0.3) is 0 Å². The first-order valence-electron chi connectivity index (χ1n) is 5.34. The third-order valence-electron chi connectivity index (χ3n) is 2.54. The van der Waals surface area contributed by atoms with Crippen LogP contribution in [0.15, 0.2) is 24.3 Å². The molecule has 0 aliphatic carbocycles. The average Bonchev–Trinajstić information content (AvgIpc) is 3.19. The van der Waals surface area contributed by atoms with Gasteiger partial charge in [0, 0.05) is 5.69 Å². The zero-order valence-electron chi connectivity index (χ0n) is 10.0. The van der Waals surface area contributed by atoms with Gasteiger partial charge in [-0.15, -0.1) is 0 Å². The Bertz CT molecular complexity index is 456. The van der Waals surface area contributed by atoms with Crippen LogP contribution in [-0.4, -0.2) is 38.3 Å². The van der Waals surface area contributed by atoms with Crippen LogP contribution in [0.5, 0.6) is 5.75 Å². The second kappa shape index (κ2) is 5.05. The van der Waals surface area contributed by atoms with Crippen molar-refractivity contribution in [1.29, 1.82) is 0 Å². The van der Waals surface area contributed by atoms with E-state index >= 15 is 0 Å². The number of esters is 1. The highest BCUT2D eigenvalue weighted by molar-refractivity contribution is 6.00. The van der Waals surface area contributed by atoms with Gasteiger partial charge in [0.05, 0.1) is 14.2 Å². The molecule has 1 N–H and O–H groups in total. The third-order valence-corrected chi connectivity index (χ3v) is 2.54. The molecule has 1 aromatic carbocycles. The standard InChI is InChI=1S/C12H13NO5/c1-16-8-5-3-7(4-6-8)13-11(14)9-10(18-9)12(15)17-2/h3-6,9-10H,1-2H3,(H,13,14). The Morgan fingerprint density at radius 3 is 2.39 bits per heavy atom. The molecule has 1 aliphatic heterocycles. The predicted molar refractivity (Wildman–Crippen MR) is 62.3 cm³/mol. The topological polar surface area (TPSA) is 77.2 Å². The van der Waals surface area contributed by atoms with E-state index in [0.717, 1.165) is 0 Å². The van der Waals surface area contributed by atoms with Crippen molar-refractivity contribution in [3.8, 4) is 5.75 Å². The van der Waals surface area contributed by atoms with Crippen molar-refractivity contribution in [2.75, 3.05) is 19.5 Å². The fourth-order valence-corrected chi connectivity index (χ4v) is 1.49. The lowest BCUT2D eigenvalue weighted by atomic mass is 10.2. The van der Waals surface area contributed by atoms with E-state index in [0.29, 0.717) is 11.4 Å². The van der Waals surface area contributed by atoms with Crippen LogP contribution < -0.4 is 10.1 Å². The van der Waals surface area contributed by atoms with Gasteiger partial charge in [-0.25, -0.2) is 4.79 Å². The minimum atomic E-state index is -0.784. The van der Waals surface area contributed by atoms with E-state index in [2.05, 4.69) is 10.1 Å². The highest BCUT2D eigenvalue weighted by Gasteiger charge is 2.51. The Kier molecular flexibility index (Phi) is 3.47. The highest BCUT2D eigenvalue weighted by Crippen LogP contribution is 2.25. The van der Waals surface area contributed by atoms with Crippen molar-refractivity contribution in [3.05, 3.63) is 24.3 Å². The van der Waals surface area contributed by atoms with Crippen molar-refractivity contribution in [2.24, 2.45) is 0 Å². The summed E-state index contributed by atoms with van der Waals surface area (Å²) in [6.07, 6.45) is -1.55. The Morgan fingerprint density at radius 2 is 1.83 bits per heavy atom. The molecule has 0 spiro atoms. The molecule has 0 saturated carbocycles. The van der Waals surface area contributed by atoms with Crippen LogP contribution in [-0.2, 0) is 19.1 Å². The summed E-state index contributed by atoms with van der Waals surface area (Å²) in [5.41, 5.74) is 0.611. The van der Waals surface area contributed by atoms with Gasteiger partial charge in [-0.1, -0.05) is 0 Å². The molecule has 1 heterocycles. The molecule has 2 rings (SSSR count). The number of hydrogen-bond donors (Lipinski definition) is 1. The fourth-order valence-electron chi connectivity index (χ4n) is 1.49. The number of epoxide rings is 1. The largest absolute Gasteiger partial charge is 0.497 e. The molecule has 6 heteroatoms. The predicted octanol–water partition coefficient (Wildman–Crippen LogP) is 0.574. The summed E-state index contributed by atoms with van der Waals surface area (Å²) in [6.45, 7) is 0. The number of methoxy groups -OCH3 is 2. The maximum atomic E-state index is 11.7. The SMILES string of the molecule is COC(=O)C1OC1C(=O)Nc1ccc(OC)cc1. The normalized spacial score (nSPS) is 21.0. The summed E-state index contributed by atoms with van der Waals surface area (Å²) >= 11 is 0. The molecule has 0 radical (unpaired) electrons. The lowest BCUT2D eigenvalue weighted by Crippen LogP contribution is -2.23. The summed E-state index contributed by atoms with van der Waals surface area (Å²) in [5, 5.41) is 2.64. The molecule has 6 nitrogen and oxygen atoms in total. The van der Waals surface area contributed by atoms with Gasteiger partial charge < -0.3 is 19.5 Å². The van der Waals surface area contributed by atoms with Crippen LogP contribution in [0, 0.1) is 0 Å². The summed E-state index contributed by atoms with van der Waals surface area (Å²) in [6, 6.07) is 6.85. The lowest BCUT2D eigenvalue weighted by molar-refractivity contribution is -0.142. The first-order chi connectivity index (χ1) is 8.65. The van der Waals surface area contributed by atoms with Gasteiger partial charge in [0.25, 0.3) is 5.91 Å². The Labute approximate surface area is 104 Å². The van der Waals surface area contributed by atoms with E-state index in [1.165, 1.54) is 7.11 Å². The summed E-state index contributed by atoms with van der Waals surface area (Å²) < 4.78 is 14.4. The number of carbonyl (C=O) groups is 2. The van der Waals surface area contributed by atoms with Gasteiger partial charge >= 0.3 is 5.97 Å². The van der Waals surface area contributed by atoms with E-state index in [1.807, 2.05) is 0 Å². The molecular formula is C12H13NO5. The first-order valence-corrected chi connectivity index (χ1v) is 5.34. The molecule has 96 valence electrons. The molecule has 1 amide bonds. The van der Waals surface area contributed by atoms with Crippen molar-refractivity contribution in [3.63, 3.8) is 0 Å². The van der Waals surface area contributed by atoms with Crippen LogP contribution in [0.1, 0.15) is 0 Å².